The molecule has 0 saturated heterocycles. The van der Waals surface area contributed by atoms with Crippen LogP contribution in [0.5, 0.6) is 0 Å². The van der Waals surface area contributed by atoms with Crippen molar-refractivity contribution in [2.45, 2.75) is 26.0 Å². The first kappa shape index (κ1) is 13.3. The van der Waals surface area contributed by atoms with Crippen LogP contribution in [-0.4, -0.2) is 17.7 Å². The zero-order valence-electron chi connectivity index (χ0n) is 10.7. The van der Waals surface area contributed by atoms with Crippen molar-refractivity contribution in [2.75, 3.05) is 6.54 Å². The smallest absolute Gasteiger partial charge is 0.0920 e. The molecule has 1 unspecified atom stereocenters. The molecule has 0 aromatic heterocycles. The molecule has 1 atom stereocenters. The molecule has 0 aliphatic rings. The van der Waals surface area contributed by atoms with Crippen LogP contribution in [0.2, 0.25) is 5.02 Å². The summed E-state index contributed by atoms with van der Waals surface area (Å²) in [4.78, 5) is 0. The van der Waals surface area contributed by atoms with Crippen molar-refractivity contribution >= 4 is 22.4 Å². The highest BCUT2D eigenvalue weighted by Crippen LogP contribution is 2.29. The molecule has 0 saturated carbocycles. The zero-order chi connectivity index (χ0) is 13.1. The monoisotopic (exact) mass is 263 g/mol. The average Bonchev–Trinajstić information content (AvgIpc) is 2.37. The molecule has 0 radical (unpaired) electrons. The van der Waals surface area contributed by atoms with Gasteiger partial charge in [0.15, 0.2) is 0 Å². The molecule has 3 heteroatoms. The summed E-state index contributed by atoms with van der Waals surface area (Å²) in [6, 6.07) is 12.0. The van der Waals surface area contributed by atoms with Gasteiger partial charge in [-0.1, -0.05) is 55.8 Å². The molecular formula is C15H18ClNO. The lowest BCUT2D eigenvalue weighted by molar-refractivity contribution is 0.173. The molecule has 0 spiro atoms. The number of hydrogen-bond acceptors (Lipinski definition) is 2. The normalized spacial score (nSPS) is 13.2. The standard InChI is InChI=1S/C15H18ClNO/c1-10(2)17-9-15(18)13-7-8-14(16)12-6-4-3-5-11(12)13/h3-8,10,15,17-18H,9H2,1-2H3. The van der Waals surface area contributed by atoms with Crippen LogP contribution in [0.3, 0.4) is 0 Å². The van der Waals surface area contributed by atoms with E-state index in [1.165, 1.54) is 0 Å². The summed E-state index contributed by atoms with van der Waals surface area (Å²) < 4.78 is 0. The van der Waals surface area contributed by atoms with Crippen LogP contribution in [0.1, 0.15) is 25.5 Å². The fourth-order valence-electron chi connectivity index (χ4n) is 2.03. The average molecular weight is 264 g/mol. The van der Waals surface area contributed by atoms with Crippen LogP contribution in [0, 0.1) is 0 Å². The van der Waals surface area contributed by atoms with E-state index in [1.54, 1.807) is 0 Å². The minimum absolute atomic E-state index is 0.359. The minimum Gasteiger partial charge on any atom is -0.387 e. The Balaban J connectivity index is 2.36. The van der Waals surface area contributed by atoms with E-state index in [1.807, 2.05) is 36.4 Å². The SMILES string of the molecule is CC(C)NCC(O)c1ccc(Cl)c2ccccc12. The summed E-state index contributed by atoms with van der Waals surface area (Å²) in [6.07, 6.45) is -0.519. The van der Waals surface area contributed by atoms with Crippen molar-refractivity contribution in [3.8, 4) is 0 Å². The molecular weight excluding hydrogens is 246 g/mol. The summed E-state index contributed by atoms with van der Waals surface area (Å²) in [5.74, 6) is 0. The summed E-state index contributed by atoms with van der Waals surface area (Å²) in [6.45, 7) is 4.67. The Morgan fingerprint density at radius 3 is 2.44 bits per heavy atom. The van der Waals surface area contributed by atoms with Gasteiger partial charge in [0, 0.05) is 23.0 Å². The summed E-state index contributed by atoms with van der Waals surface area (Å²) in [5.41, 5.74) is 0.920. The van der Waals surface area contributed by atoms with E-state index in [4.69, 9.17) is 11.6 Å². The molecule has 0 amide bonds. The number of halogens is 1. The van der Waals surface area contributed by atoms with Gasteiger partial charge in [-0.15, -0.1) is 0 Å². The van der Waals surface area contributed by atoms with E-state index in [0.717, 1.165) is 21.4 Å². The summed E-state index contributed by atoms with van der Waals surface area (Å²) >= 11 is 6.16. The molecule has 96 valence electrons. The van der Waals surface area contributed by atoms with E-state index in [-0.39, 0.29) is 0 Å². The van der Waals surface area contributed by atoms with E-state index in [0.29, 0.717) is 12.6 Å². The fourth-order valence-corrected chi connectivity index (χ4v) is 2.26. The lowest BCUT2D eigenvalue weighted by atomic mass is 10.00. The highest BCUT2D eigenvalue weighted by molar-refractivity contribution is 6.35. The Bertz CT molecular complexity index is 539. The summed E-state index contributed by atoms with van der Waals surface area (Å²) in [5, 5.41) is 16.2. The first-order valence-electron chi connectivity index (χ1n) is 6.18. The Labute approximate surface area is 113 Å². The number of rotatable bonds is 4. The number of benzene rings is 2. The van der Waals surface area contributed by atoms with Gasteiger partial charge in [-0.05, 0) is 17.0 Å². The van der Waals surface area contributed by atoms with Crippen LogP contribution < -0.4 is 5.32 Å². The molecule has 2 N–H and O–H groups in total. The molecule has 2 aromatic carbocycles. The molecule has 0 aliphatic carbocycles. The second-order valence-corrected chi connectivity index (χ2v) is 5.17. The second-order valence-electron chi connectivity index (χ2n) is 4.76. The Morgan fingerprint density at radius 2 is 1.78 bits per heavy atom. The minimum atomic E-state index is -0.519. The predicted octanol–water partition coefficient (Wildman–Crippen LogP) is 3.52. The van der Waals surface area contributed by atoms with E-state index >= 15 is 0 Å². The quantitative estimate of drug-likeness (QED) is 0.885. The second kappa shape index (κ2) is 5.70. The number of aliphatic hydroxyl groups is 1. The molecule has 18 heavy (non-hydrogen) atoms. The first-order chi connectivity index (χ1) is 8.59. The van der Waals surface area contributed by atoms with Crippen LogP contribution >= 0.6 is 11.6 Å². The number of nitrogens with one attached hydrogen (secondary N) is 1. The predicted molar refractivity (Wildman–Crippen MR) is 77.1 cm³/mol. The van der Waals surface area contributed by atoms with Crippen molar-refractivity contribution < 1.29 is 5.11 Å². The molecule has 2 rings (SSSR count). The first-order valence-corrected chi connectivity index (χ1v) is 6.56. The maximum atomic E-state index is 10.3. The van der Waals surface area contributed by atoms with Crippen molar-refractivity contribution in [2.24, 2.45) is 0 Å². The van der Waals surface area contributed by atoms with Crippen LogP contribution in [0.25, 0.3) is 10.8 Å². The highest BCUT2D eigenvalue weighted by atomic mass is 35.5. The summed E-state index contributed by atoms with van der Waals surface area (Å²) in [7, 11) is 0. The third kappa shape index (κ3) is 2.83. The van der Waals surface area contributed by atoms with Gasteiger partial charge in [-0.2, -0.15) is 0 Å². The van der Waals surface area contributed by atoms with Crippen molar-refractivity contribution in [1.29, 1.82) is 0 Å². The number of hydrogen-bond donors (Lipinski definition) is 2. The Morgan fingerprint density at radius 1 is 1.11 bits per heavy atom. The molecule has 0 heterocycles. The third-order valence-electron chi connectivity index (χ3n) is 2.98. The fraction of sp³-hybridized carbons (Fsp3) is 0.333. The van der Waals surface area contributed by atoms with Gasteiger partial charge in [0.2, 0.25) is 0 Å². The third-order valence-corrected chi connectivity index (χ3v) is 3.31. The van der Waals surface area contributed by atoms with Crippen LogP contribution in [-0.2, 0) is 0 Å². The van der Waals surface area contributed by atoms with Gasteiger partial charge in [-0.25, -0.2) is 0 Å². The van der Waals surface area contributed by atoms with Gasteiger partial charge >= 0.3 is 0 Å². The van der Waals surface area contributed by atoms with Gasteiger partial charge in [0.1, 0.15) is 0 Å². The number of fused-ring (bicyclic) bond motifs is 1. The molecule has 2 nitrogen and oxygen atoms in total. The Hall–Kier alpha value is -1.09. The lowest BCUT2D eigenvalue weighted by Crippen LogP contribution is -2.27. The van der Waals surface area contributed by atoms with Gasteiger partial charge in [-0.3, -0.25) is 0 Å². The maximum Gasteiger partial charge on any atom is 0.0920 e. The topological polar surface area (TPSA) is 32.3 Å². The zero-order valence-corrected chi connectivity index (χ0v) is 11.4. The van der Waals surface area contributed by atoms with Gasteiger partial charge in [0.05, 0.1) is 6.10 Å². The van der Waals surface area contributed by atoms with E-state index in [9.17, 15) is 5.11 Å². The maximum absolute atomic E-state index is 10.3. The van der Waals surface area contributed by atoms with Crippen LogP contribution in [0.4, 0.5) is 0 Å². The molecule has 0 bridgehead atoms. The molecule has 0 aliphatic heterocycles. The Kier molecular flexibility index (Phi) is 4.23. The van der Waals surface area contributed by atoms with Crippen LogP contribution in [0.15, 0.2) is 36.4 Å². The lowest BCUT2D eigenvalue weighted by Gasteiger charge is -2.16. The van der Waals surface area contributed by atoms with Gasteiger partial charge < -0.3 is 10.4 Å². The van der Waals surface area contributed by atoms with Gasteiger partial charge in [0.25, 0.3) is 0 Å². The largest absolute Gasteiger partial charge is 0.387 e. The van der Waals surface area contributed by atoms with E-state index < -0.39 is 6.10 Å². The van der Waals surface area contributed by atoms with Crippen molar-refractivity contribution in [3.63, 3.8) is 0 Å². The van der Waals surface area contributed by atoms with Crippen molar-refractivity contribution in [1.82, 2.24) is 5.32 Å². The highest BCUT2D eigenvalue weighted by Gasteiger charge is 2.12. The number of aliphatic hydroxyl groups excluding tert-OH is 1. The van der Waals surface area contributed by atoms with Crippen molar-refractivity contribution in [3.05, 3.63) is 47.0 Å². The molecule has 2 aromatic rings. The molecule has 0 fully saturated rings. The van der Waals surface area contributed by atoms with E-state index in [2.05, 4.69) is 19.2 Å².